The van der Waals surface area contributed by atoms with Crippen LogP contribution in [0.2, 0.25) is 0 Å². The Kier molecular flexibility index (Phi) is 12.1. The Balaban J connectivity index is 0.000000180. The zero-order valence-electron chi connectivity index (χ0n) is 23.1. The smallest absolute Gasteiger partial charge is 0.574 e. The summed E-state index contributed by atoms with van der Waals surface area (Å²) >= 11 is 0. The summed E-state index contributed by atoms with van der Waals surface area (Å²) in [6.45, 7) is 12.8. The first-order valence-electron chi connectivity index (χ1n) is 12.7. The molecule has 6 aromatic heterocycles. The fraction of sp³-hybridized carbons (Fsp3) is 0.0625. The number of aryl methyl sites for hydroxylation is 1. The van der Waals surface area contributed by atoms with Crippen LogP contribution in [0.4, 0.5) is 13.2 Å². The number of alkyl halides is 3. The number of aromatic nitrogens is 8. The van der Waals surface area contributed by atoms with E-state index < -0.39 is 11.9 Å². The molecule has 6 heterocycles. The van der Waals surface area contributed by atoms with Crippen molar-refractivity contribution in [3.63, 3.8) is 0 Å². The summed E-state index contributed by atoms with van der Waals surface area (Å²) in [5.41, 5.74) is 5.53. The van der Waals surface area contributed by atoms with Crippen LogP contribution in [0, 0.1) is 20.1 Å². The third-order valence-corrected chi connectivity index (χ3v) is 5.56. The van der Waals surface area contributed by atoms with Crippen LogP contribution in [0.15, 0.2) is 97.6 Å². The van der Waals surface area contributed by atoms with Gasteiger partial charge in [-0.15, -0.1) is 0 Å². The van der Waals surface area contributed by atoms with Gasteiger partial charge < -0.3 is 20.4 Å². The molecule has 0 aliphatic rings. The minimum Gasteiger partial charge on any atom is -0.574 e. The fourth-order valence-electron chi connectivity index (χ4n) is 3.48. The Hall–Kier alpha value is -5.09. The normalized spacial score (nSPS) is 10.3. The molecule has 0 N–H and O–H groups in total. The van der Waals surface area contributed by atoms with Crippen molar-refractivity contribution in [3.05, 3.63) is 133 Å². The molecule has 44 heavy (non-hydrogen) atoms. The third kappa shape index (κ3) is 9.47. The summed E-state index contributed by atoms with van der Waals surface area (Å²) in [5, 5.41) is 14.3. The molecular weight excluding hydrogens is 654 g/mol. The van der Waals surface area contributed by atoms with E-state index >= 15 is 0 Å². The number of hydrogen-bond acceptors (Lipinski definition) is 6. The van der Waals surface area contributed by atoms with E-state index in [2.05, 4.69) is 40.3 Å². The Labute approximate surface area is 265 Å². The fourth-order valence-corrected chi connectivity index (χ4v) is 3.48. The average molecular weight is 678 g/mol. The molecule has 220 valence electrons. The summed E-state index contributed by atoms with van der Waals surface area (Å²) in [7, 11) is 0. The first-order valence-corrected chi connectivity index (χ1v) is 12.7. The predicted octanol–water partition coefficient (Wildman–Crippen LogP) is 6.56. The molecule has 12 heteroatoms. The van der Waals surface area contributed by atoms with Crippen LogP contribution in [0.1, 0.15) is 22.5 Å². The Morgan fingerprint density at radius 3 is 1.48 bits per heavy atom. The molecule has 0 atom stereocenters. The topological polar surface area (TPSA) is 106 Å². The van der Waals surface area contributed by atoms with E-state index in [0.29, 0.717) is 5.69 Å². The molecule has 0 aliphatic carbocycles. The zero-order valence-corrected chi connectivity index (χ0v) is 24.9. The van der Waals surface area contributed by atoms with Gasteiger partial charge in [0, 0.05) is 41.9 Å². The quantitative estimate of drug-likeness (QED) is 0.189. The summed E-state index contributed by atoms with van der Waals surface area (Å²) in [5.74, 6) is 0. The van der Waals surface area contributed by atoms with Crippen molar-refractivity contribution < 1.29 is 32.6 Å². The average Bonchev–Trinajstić information content (AvgIpc) is 3.73. The van der Waals surface area contributed by atoms with Gasteiger partial charge in [-0.2, -0.15) is 13.2 Å². The molecule has 0 aliphatic heterocycles. The second kappa shape index (κ2) is 15.9. The van der Waals surface area contributed by atoms with Crippen LogP contribution in [0.5, 0.6) is 0 Å². The molecule has 0 saturated carbocycles. The van der Waals surface area contributed by atoms with Gasteiger partial charge in [0.05, 0.1) is 11.4 Å². The summed E-state index contributed by atoms with van der Waals surface area (Å²) in [4.78, 5) is 16.5. The molecule has 0 amide bonds. The van der Waals surface area contributed by atoms with Crippen molar-refractivity contribution in [1.29, 1.82) is 0 Å². The Bertz CT molecular complexity index is 1720. The standard InChI is InChI=1S/C14H10N2.C9H5F3N3.C9H8N3.Ru/c1-3-11-5-7-15-13(9-11)14-10-12(4-2)6-8-16-14;10-9(11,12)8-5-7(14-15-8)6-3-1-2-4-13-6;1-7-6-9(12-11-7)8-4-2-3-5-10-8;/h1-10H;1-5H;2-6H,1H3;/q;2*-1;+2. The van der Waals surface area contributed by atoms with Crippen molar-refractivity contribution in [2.75, 3.05) is 0 Å². The van der Waals surface area contributed by atoms with Gasteiger partial charge in [-0.05, 0) is 72.6 Å². The minimum atomic E-state index is -4.46. The maximum absolute atomic E-state index is 12.2. The second-order valence-corrected chi connectivity index (χ2v) is 8.70. The van der Waals surface area contributed by atoms with Crippen molar-refractivity contribution >= 4 is 12.2 Å². The van der Waals surface area contributed by atoms with Crippen molar-refractivity contribution in [2.45, 2.75) is 13.1 Å². The van der Waals surface area contributed by atoms with E-state index in [1.807, 2.05) is 55.5 Å². The minimum absolute atomic E-state index is 0. The zero-order chi connectivity index (χ0) is 30.7. The number of nitrogens with zero attached hydrogens (tertiary/aromatic N) is 8. The van der Waals surface area contributed by atoms with Gasteiger partial charge in [0.1, 0.15) is 5.69 Å². The van der Waals surface area contributed by atoms with Crippen molar-refractivity contribution in [2.24, 2.45) is 0 Å². The number of halogens is 3. The first kappa shape index (κ1) is 33.4. The van der Waals surface area contributed by atoms with E-state index in [1.165, 1.54) is 18.3 Å². The molecule has 6 aromatic rings. The van der Waals surface area contributed by atoms with Gasteiger partial charge in [-0.1, -0.05) is 54.9 Å². The third-order valence-electron chi connectivity index (χ3n) is 5.56. The molecule has 0 aromatic carbocycles. The molecule has 2 radical (unpaired) electrons. The van der Waals surface area contributed by atoms with Gasteiger partial charge in [-0.3, -0.25) is 19.9 Å². The number of hydrogen-bond donors (Lipinski definition) is 0. The first-order chi connectivity index (χ1) is 20.8. The Morgan fingerprint density at radius 2 is 1.09 bits per heavy atom. The van der Waals surface area contributed by atoms with Gasteiger partial charge >= 0.3 is 25.7 Å². The van der Waals surface area contributed by atoms with Crippen molar-refractivity contribution in [1.82, 2.24) is 40.3 Å². The molecule has 0 unspecified atom stereocenters. The van der Waals surface area contributed by atoms with E-state index in [0.717, 1.165) is 45.7 Å². The van der Waals surface area contributed by atoms with Crippen LogP contribution >= 0.6 is 0 Å². The molecular formula is C32H23F3N8Ru. The van der Waals surface area contributed by atoms with Crippen LogP contribution in [-0.2, 0) is 25.7 Å². The Morgan fingerprint density at radius 1 is 0.614 bits per heavy atom. The summed E-state index contributed by atoms with van der Waals surface area (Å²) in [6.07, 6.45) is 5.24. The van der Waals surface area contributed by atoms with Gasteiger partial charge in [0.2, 0.25) is 0 Å². The molecule has 0 spiro atoms. The second-order valence-electron chi connectivity index (χ2n) is 8.70. The molecule has 0 fully saturated rings. The van der Waals surface area contributed by atoms with E-state index in [4.69, 9.17) is 13.2 Å². The molecule has 6 rings (SSSR count). The number of pyridine rings is 4. The SMILES string of the molecule is Cc1cc(-c2ccccn2)[n-]n1.FC(F)(F)c1cc(-c2ccccn2)[n-]n1.[CH]=Cc1ccnc(-c2cc(C=[CH])ccn2)c1.[Ru+2]. The van der Waals surface area contributed by atoms with E-state index in [-0.39, 0.29) is 25.2 Å². The summed E-state index contributed by atoms with van der Waals surface area (Å²) < 4.78 is 36.6. The van der Waals surface area contributed by atoms with Gasteiger partial charge in [0.25, 0.3) is 0 Å². The largest absolute Gasteiger partial charge is 2.00 e. The van der Waals surface area contributed by atoms with Crippen LogP contribution < -0.4 is 10.2 Å². The monoisotopic (exact) mass is 678 g/mol. The summed E-state index contributed by atoms with van der Waals surface area (Å²) in [6, 6.07) is 20.9. The maximum Gasteiger partial charge on any atom is 2.00 e. The number of rotatable bonds is 5. The van der Waals surface area contributed by atoms with E-state index in [1.54, 1.807) is 36.8 Å². The van der Waals surface area contributed by atoms with Crippen LogP contribution in [0.3, 0.4) is 0 Å². The molecule has 0 saturated heterocycles. The maximum atomic E-state index is 12.2. The van der Waals surface area contributed by atoms with Crippen molar-refractivity contribution in [3.8, 4) is 34.2 Å². The van der Waals surface area contributed by atoms with Gasteiger partial charge in [0.15, 0.2) is 0 Å². The van der Waals surface area contributed by atoms with Gasteiger partial charge in [-0.25, -0.2) is 0 Å². The van der Waals surface area contributed by atoms with Crippen LogP contribution in [-0.4, -0.2) is 30.1 Å². The molecule has 0 bridgehead atoms. The van der Waals surface area contributed by atoms with E-state index in [9.17, 15) is 13.2 Å². The van der Waals surface area contributed by atoms with Crippen LogP contribution in [0.25, 0.3) is 46.3 Å². The predicted molar refractivity (Wildman–Crippen MR) is 156 cm³/mol. The molecule has 8 nitrogen and oxygen atoms in total.